The Morgan fingerprint density at radius 3 is 2.33 bits per heavy atom. The van der Waals surface area contributed by atoms with Gasteiger partial charge in [-0.15, -0.1) is 0 Å². The molecule has 24 heavy (non-hydrogen) atoms. The zero-order chi connectivity index (χ0) is 18.1. The van der Waals surface area contributed by atoms with Gasteiger partial charge in [-0.2, -0.15) is 17.9 Å². The summed E-state index contributed by atoms with van der Waals surface area (Å²) in [5.41, 5.74) is -0.307. The maximum Gasteiger partial charge on any atom is 0.405 e. The molecule has 134 valence electrons. The van der Waals surface area contributed by atoms with Crippen molar-refractivity contribution in [2.24, 2.45) is 5.92 Å². The topological polar surface area (TPSA) is 89.3 Å². The van der Waals surface area contributed by atoms with Gasteiger partial charge < -0.3 is 0 Å². The molecular weight excluding hydrogens is 349 g/mol. The fraction of sp³-hybridized carbons (Fsp3) is 0.571. The van der Waals surface area contributed by atoms with Crippen molar-refractivity contribution in [3.05, 3.63) is 33.9 Å². The van der Waals surface area contributed by atoms with Crippen molar-refractivity contribution in [3.63, 3.8) is 0 Å². The van der Waals surface area contributed by atoms with Crippen LogP contribution in [0.3, 0.4) is 0 Å². The lowest BCUT2D eigenvalue weighted by Crippen LogP contribution is -2.49. The highest BCUT2D eigenvalue weighted by atomic mass is 32.2. The van der Waals surface area contributed by atoms with Gasteiger partial charge in [0.05, 0.1) is 9.82 Å². The molecule has 6 nitrogen and oxygen atoms in total. The lowest BCUT2D eigenvalue weighted by molar-refractivity contribution is -0.385. The number of nitrogens with zero attached hydrogens (tertiary/aromatic N) is 1. The summed E-state index contributed by atoms with van der Waals surface area (Å²) in [5.74, 6) is -0.793. The van der Waals surface area contributed by atoms with E-state index in [9.17, 15) is 31.7 Å². The summed E-state index contributed by atoms with van der Waals surface area (Å²) in [5, 5.41) is 10.7. The standard InChI is InChI=1S/C14H17F3N2O4S/c1-9-8-11(19(20)21)6-7-12(9)24(22,23)18-13(14(15,16)17)10-4-2-3-5-10/h6-8,10,13,18H,2-5H2,1H3/t13-/m1/s1. The number of alkyl halides is 3. The van der Waals surface area contributed by atoms with E-state index >= 15 is 0 Å². The van der Waals surface area contributed by atoms with Crippen molar-refractivity contribution < 1.29 is 26.5 Å². The SMILES string of the molecule is Cc1cc([N+](=O)[O-])ccc1S(=O)(=O)N[C@H](C1CCCC1)C(F)(F)F. The van der Waals surface area contributed by atoms with Crippen molar-refractivity contribution >= 4 is 15.7 Å². The minimum atomic E-state index is -4.70. The molecule has 10 heteroatoms. The summed E-state index contributed by atoms with van der Waals surface area (Å²) in [6.07, 6.45) is -2.81. The van der Waals surface area contributed by atoms with Gasteiger partial charge in [0.1, 0.15) is 6.04 Å². The van der Waals surface area contributed by atoms with E-state index in [2.05, 4.69) is 0 Å². The third-order valence-corrected chi connectivity index (χ3v) is 5.77. The van der Waals surface area contributed by atoms with Crippen molar-refractivity contribution in [3.8, 4) is 0 Å². The molecule has 0 amide bonds. The quantitative estimate of drug-likeness (QED) is 0.640. The third kappa shape index (κ3) is 4.04. The molecule has 0 spiro atoms. The highest BCUT2D eigenvalue weighted by Gasteiger charge is 2.47. The maximum atomic E-state index is 13.3. The van der Waals surface area contributed by atoms with E-state index in [-0.39, 0.29) is 16.1 Å². The second-order valence-corrected chi connectivity index (χ2v) is 7.57. The van der Waals surface area contributed by atoms with E-state index in [1.807, 2.05) is 0 Å². The molecule has 0 unspecified atom stereocenters. The van der Waals surface area contributed by atoms with Crippen LogP contribution >= 0.6 is 0 Å². The van der Waals surface area contributed by atoms with Gasteiger partial charge in [0.2, 0.25) is 10.0 Å². The number of aryl methyl sites for hydroxylation is 1. The zero-order valence-electron chi connectivity index (χ0n) is 12.8. The molecule has 1 aliphatic rings. The summed E-state index contributed by atoms with van der Waals surface area (Å²) < 4.78 is 66.3. The van der Waals surface area contributed by atoms with Crippen LogP contribution in [-0.2, 0) is 10.0 Å². The molecule has 1 N–H and O–H groups in total. The molecule has 1 fully saturated rings. The Bertz CT molecular complexity index is 728. The summed E-state index contributed by atoms with van der Waals surface area (Å²) in [4.78, 5) is 9.60. The first-order valence-corrected chi connectivity index (χ1v) is 8.85. The molecule has 0 aromatic heterocycles. The van der Waals surface area contributed by atoms with Gasteiger partial charge in [0.15, 0.2) is 0 Å². The molecule has 0 bridgehead atoms. The van der Waals surface area contributed by atoms with Crippen LogP contribution in [0.25, 0.3) is 0 Å². The van der Waals surface area contributed by atoms with Gasteiger partial charge in [-0.25, -0.2) is 8.42 Å². The molecule has 0 heterocycles. The predicted octanol–water partition coefficient (Wildman–Crippen LogP) is 3.30. The molecule has 1 aliphatic carbocycles. The molecule has 2 rings (SSSR count). The number of sulfonamides is 1. The van der Waals surface area contributed by atoms with E-state index in [1.165, 1.54) is 6.92 Å². The Balaban J connectivity index is 2.33. The van der Waals surface area contributed by atoms with Gasteiger partial charge in [-0.05, 0) is 37.3 Å². The first-order chi connectivity index (χ1) is 11.0. The number of nitrogens with one attached hydrogen (secondary N) is 1. The van der Waals surface area contributed by atoms with Crippen molar-refractivity contribution in [1.82, 2.24) is 4.72 Å². The lowest BCUT2D eigenvalue weighted by Gasteiger charge is -2.27. The number of nitro groups is 1. The number of hydrogen-bond acceptors (Lipinski definition) is 4. The Kier molecular flexibility index (Phi) is 5.19. The molecule has 1 aromatic rings. The van der Waals surface area contributed by atoms with Crippen LogP contribution in [0.2, 0.25) is 0 Å². The largest absolute Gasteiger partial charge is 0.405 e. The third-order valence-electron chi connectivity index (χ3n) is 4.16. The molecule has 1 atom stereocenters. The number of rotatable bonds is 5. The molecular formula is C14H17F3N2O4S. The molecule has 0 aliphatic heterocycles. The summed E-state index contributed by atoms with van der Waals surface area (Å²) in [7, 11) is -4.45. The fourth-order valence-corrected chi connectivity index (χ4v) is 4.52. The Labute approximate surface area is 137 Å². The van der Waals surface area contributed by atoms with E-state index in [0.717, 1.165) is 18.2 Å². The number of non-ortho nitro benzene ring substituents is 1. The van der Waals surface area contributed by atoms with Crippen molar-refractivity contribution in [2.75, 3.05) is 0 Å². The van der Waals surface area contributed by atoms with Crippen LogP contribution in [0.5, 0.6) is 0 Å². The normalized spacial score (nSPS) is 17.8. The van der Waals surface area contributed by atoms with Crippen molar-refractivity contribution in [2.45, 2.75) is 49.7 Å². The van der Waals surface area contributed by atoms with E-state index in [0.29, 0.717) is 25.7 Å². The van der Waals surface area contributed by atoms with Crippen LogP contribution in [0.15, 0.2) is 23.1 Å². The van der Waals surface area contributed by atoms with Crippen LogP contribution in [-0.4, -0.2) is 25.6 Å². The average Bonchev–Trinajstić information content (AvgIpc) is 2.96. The van der Waals surface area contributed by atoms with Crippen LogP contribution in [0.4, 0.5) is 18.9 Å². The number of nitro benzene ring substituents is 1. The smallest absolute Gasteiger partial charge is 0.258 e. The zero-order valence-corrected chi connectivity index (χ0v) is 13.7. The molecule has 1 aromatic carbocycles. The van der Waals surface area contributed by atoms with Crippen molar-refractivity contribution in [1.29, 1.82) is 0 Å². The lowest BCUT2D eigenvalue weighted by atomic mass is 9.99. The minimum absolute atomic E-state index is 0.0176. The van der Waals surface area contributed by atoms with E-state index in [1.54, 1.807) is 4.72 Å². The first-order valence-electron chi connectivity index (χ1n) is 7.36. The predicted molar refractivity (Wildman–Crippen MR) is 80.0 cm³/mol. The minimum Gasteiger partial charge on any atom is -0.258 e. The molecule has 0 saturated heterocycles. The van der Waals surface area contributed by atoms with Gasteiger partial charge in [-0.1, -0.05) is 12.8 Å². The number of halogens is 3. The summed E-state index contributed by atoms with van der Waals surface area (Å²) >= 11 is 0. The fourth-order valence-electron chi connectivity index (χ4n) is 3.00. The second-order valence-electron chi connectivity index (χ2n) is 5.89. The molecule has 0 radical (unpaired) electrons. The monoisotopic (exact) mass is 366 g/mol. The highest BCUT2D eigenvalue weighted by molar-refractivity contribution is 7.89. The van der Waals surface area contributed by atoms with Crippen LogP contribution in [0.1, 0.15) is 31.2 Å². The summed E-state index contributed by atoms with van der Waals surface area (Å²) in [6.45, 7) is 1.31. The van der Waals surface area contributed by atoms with Gasteiger partial charge >= 0.3 is 6.18 Å². The number of benzene rings is 1. The van der Waals surface area contributed by atoms with Gasteiger partial charge in [-0.3, -0.25) is 10.1 Å². The van der Waals surface area contributed by atoms with Gasteiger partial charge in [0.25, 0.3) is 5.69 Å². The maximum absolute atomic E-state index is 13.3. The summed E-state index contributed by atoms with van der Waals surface area (Å²) in [6, 6.07) is 0.782. The Hall–Kier alpha value is -1.68. The molecule has 1 saturated carbocycles. The van der Waals surface area contributed by atoms with E-state index < -0.39 is 33.1 Å². The second kappa shape index (κ2) is 6.67. The van der Waals surface area contributed by atoms with Crippen LogP contribution in [0, 0.1) is 23.0 Å². The van der Waals surface area contributed by atoms with E-state index in [4.69, 9.17) is 0 Å². The first kappa shape index (κ1) is 18.7. The van der Waals surface area contributed by atoms with Crippen LogP contribution < -0.4 is 4.72 Å². The van der Waals surface area contributed by atoms with Gasteiger partial charge in [0, 0.05) is 12.1 Å². The Morgan fingerprint density at radius 2 is 1.88 bits per heavy atom. The highest BCUT2D eigenvalue weighted by Crippen LogP contribution is 2.36. The number of hydrogen-bond donors (Lipinski definition) is 1. The Morgan fingerprint density at radius 1 is 1.29 bits per heavy atom. The average molecular weight is 366 g/mol.